The van der Waals surface area contributed by atoms with Gasteiger partial charge < -0.3 is 0 Å². The molecule has 0 unspecified atom stereocenters. The van der Waals surface area contributed by atoms with E-state index in [0.717, 1.165) is 41.5 Å². The van der Waals surface area contributed by atoms with E-state index in [4.69, 9.17) is 0 Å². The van der Waals surface area contributed by atoms with Crippen molar-refractivity contribution >= 4 is 10.8 Å². The Kier molecular flexibility index (Phi) is 5.92. The summed E-state index contributed by atoms with van der Waals surface area (Å²) in [5.74, 6) is 1.33. The molecule has 1 saturated carbocycles. The zero-order valence-corrected chi connectivity index (χ0v) is 15.3. The van der Waals surface area contributed by atoms with Gasteiger partial charge in [-0.1, -0.05) is 69.9 Å². The van der Waals surface area contributed by atoms with Crippen molar-refractivity contribution in [3.05, 3.63) is 47.3 Å². The second kappa shape index (κ2) is 8.14. The molecule has 1 aliphatic rings. The van der Waals surface area contributed by atoms with Gasteiger partial charge in [-0.2, -0.15) is 0 Å². The number of halogens is 1. The summed E-state index contributed by atoms with van der Waals surface area (Å²) >= 11 is 0. The largest absolute Gasteiger partial charge is 0.206 e. The Bertz CT molecular complexity index is 665. The molecule has 0 aliphatic heterocycles. The van der Waals surface area contributed by atoms with Crippen molar-refractivity contribution in [2.45, 2.75) is 77.6 Å². The zero-order chi connectivity index (χ0) is 16.9. The van der Waals surface area contributed by atoms with Crippen molar-refractivity contribution in [3.63, 3.8) is 0 Å². The summed E-state index contributed by atoms with van der Waals surface area (Å²) in [6, 6.07) is 10.4. The van der Waals surface area contributed by atoms with E-state index in [1.54, 1.807) is 0 Å². The van der Waals surface area contributed by atoms with Crippen LogP contribution in [0.3, 0.4) is 0 Å². The lowest BCUT2D eigenvalue weighted by Crippen LogP contribution is -2.14. The Labute approximate surface area is 146 Å². The topological polar surface area (TPSA) is 0 Å². The smallest absolute Gasteiger partial charge is 0.134 e. The Morgan fingerprint density at radius 2 is 1.75 bits per heavy atom. The van der Waals surface area contributed by atoms with Crippen molar-refractivity contribution in [1.82, 2.24) is 0 Å². The van der Waals surface area contributed by atoms with Crippen LogP contribution < -0.4 is 0 Å². The molecule has 0 spiro atoms. The third-order valence-corrected chi connectivity index (χ3v) is 5.96. The van der Waals surface area contributed by atoms with E-state index in [0.29, 0.717) is 5.92 Å². The molecule has 1 fully saturated rings. The van der Waals surface area contributed by atoms with Gasteiger partial charge in [0, 0.05) is 5.39 Å². The number of aryl methyl sites for hydroxylation is 1. The second-order valence-corrected chi connectivity index (χ2v) is 7.59. The number of unbranched alkanes of at least 4 members (excludes halogenated alkanes) is 2. The highest BCUT2D eigenvalue weighted by Crippen LogP contribution is 2.40. The van der Waals surface area contributed by atoms with E-state index in [-0.39, 0.29) is 5.82 Å². The average Bonchev–Trinajstić information content (AvgIpc) is 2.63. The Morgan fingerprint density at radius 1 is 0.958 bits per heavy atom. The van der Waals surface area contributed by atoms with E-state index in [1.807, 2.05) is 6.07 Å². The fourth-order valence-electron chi connectivity index (χ4n) is 4.34. The van der Waals surface area contributed by atoms with Crippen LogP contribution in [0, 0.1) is 11.7 Å². The van der Waals surface area contributed by atoms with Gasteiger partial charge in [-0.3, -0.25) is 0 Å². The summed E-state index contributed by atoms with van der Waals surface area (Å²) in [5.41, 5.74) is 2.24. The highest BCUT2D eigenvalue weighted by atomic mass is 19.1. The summed E-state index contributed by atoms with van der Waals surface area (Å²) < 4.78 is 15.0. The molecule has 0 saturated heterocycles. The minimum Gasteiger partial charge on any atom is -0.206 e. The molecule has 2 aromatic carbocycles. The minimum absolute atomic E-state index is 0.0320. The van der Waals surface area contributed by atoms with E-state index < -0.39 is 0 Å². The van der Waals surface area contributed by atoms with Gasteiger partial charge in [-0.05, 0) is 60.5 Å². The number of fused-ring (bicyclic) bond motifs is 1. The molecule has 130 valence electrons. The van der Waals surface area contributed by atoms with Crippen LogP contribution in [0.4, 0.5) is 4.39 Å². The molecule has 0 amide bonds. The molecule has 1 heteroatoms. The Hall–Kier alpha value is -1.37. The van der Waals surface area contributed by atoms with Gasteiger partial charge in [0.25, 0.3) is 0 Å². The first-order chi connectivity index (χ1) is 11.7. The first-order valence-corrected chi connectivity index (χ1v) is 9.94. The summed E-state index contributed by atoms with van der Waals surface area (Å²) in [6.45, 7) is 4.41. The lowest BCUT2D eigenvalue weighted by molar-refractivity contribution is 0.299. The fourth-order valence-corrected chi connectivity index (χ4v) is 4.34. The third-order valence-electron chi connectivity index (χ3n) is 5.96. The van der Waals surface area contributed by atoms with E-state index >= 15 is 4.39 Å². The quantitative estimate of drug-likeness (QED) is 0.485. The standard InChI is InChI=1S/C23H31F/c1-3-5-6-7-18-8-11-19(12-9-18)21-15-13-20-16-17(4-2)10-14-22(20)23(21)24/h10,13-16,18-19H,3-9,11-12H2,1-2H3. The molecule has 0 heterocycles. The highest BCUT2D eigenvalue weighted by Gasteiger charge is 2.24. The van der Waals surface area contributed by atoms with Crippen LogP contribution in [0.15, 0.2) is 30.3 Å². The maximum absolute atomic E-state index is 15.0. The van der Waals surface area contributed by atoms with Crippen LogP contribution >= 0.6 is 0 Å². The Morgan fingerprint density at radius 3 is 2.46 bits per heavy atom. The van der Waals surface area contributed by atoms with Gasteiger partial charge in [-0.15, -0.1) is 0 Å². The SMILES string of the molecule is CCCCCC1CCC(c2ccc3cc(CC)ccc3c2F)CC1. The number of hydrogen-bond donors (Lipinski definition) is 0. The van der Waals surface area contributed by atoms with Crippen molar-refractivity contribution in [1.29, 1.82) is 0 Å². The number of benzene rings is 2. The molecule has 1 aliphatic carbocycles. The maximum atomic E-state index is 15.0. The summed E-state index contributed by atoms with van der Waals surface area (Å²) in [6.07, 6.45) is 11.3. The summed E-state index contributed by atoms with van der Waals surface area (Å²) in [4.78, 5) is 0. The molecule has 0 nitrogen and oxygen atoms in total. The zero-order valence-electron chi connectivity index (χ0n) is 15.3. The molecular formula is C23H31F. The molecular weight excluding hydrogens is 295 g/mol. The van der Waals surface area contributed by atoms with Crippen molar-refractivity contribution < 1.29 is 4.39 Å². The van der Waals surface area contributed by atoms with Gasteiger partial charge in [0.1, 0.15) is 5.82 Å². The molecule has 3 rings (SSSR count). The predicted molar refractivity (Wildman–Crippen MR) is 102 cm³/mol. The van der Waals surface area contributed by atoms with Gasteiger partial charge in [-0.25, -0.2) is 4.39 Å². The van der Waals surface area contributed by atoms with Gasteiger partial charge in [0.15, 0.2) is 0 Å². The minimum atomic E-state index is 0.0320. The van der Waals surface area contributed by atoms with Gasteiger partial charge >= 0.3 is 0 Å². The molecule has 0 bridgehead atoms. The lowest BCUT2D eigenvalue weighted by Gasteiger charge is -2.29. The number of hydrogen-bond acceptors (Lipinski definition) is 0. The normalized spacial score (nSPS) is 21.3. The molecule has 0 radical (unpaired) electrons. The van der Waals surface area contributed by atoms with Crippen LogP contribution in [0.25, 0.3) is 10.8 Å². The van der Waals surface area contributed by atoms with Crippen LogP contribution in [0.5, 0.6) is 0 Å². The molecule has 0 atom stereocenters. The van der Waals surface area contributed by atoms with Crippen molar-refractivity contribution in [2.24, 2.45) is 5.92 Å². The van der Waals surface area contributed by atoms with Gasteiger partial charge in [0.2, 0.25) is 0 Å². The van der Waals surface area contributed by atoms with Crippen molar-refractivity contribution in [2.75, 3.05) is 0 Å². The van der Waals surface area contributed by atoms with Gasteiger partial charge in [0.05, 0.1) is 0 Å². The molecule has 24 heavy (non-hydrogen) atoms. The maximum Gasteiger partial charge on any atom is 0.134 e. The average molecular weight is 326 g/mol. The molecule has 0 N–H and O–H groups in total. The fraction of sp³-hybridized carbons (Fsp3) is 0.565. The predicted octanol–water partition coefficient (Wildman–Crippen LogP) is 7.40. The van der Waals surface area contributed by atoms with Crippen LogP contribution in [-0.2, 0) is 6.42 Å². The lowest BCUT2D eigenvalue weighted by atomic mass is 9.76. The second-order valence-electron chi connectivity index (χ2n) is 7.59. The molecule has 0 aromatic heterocycles. The summed E-state index contributed by atoms with van der Waals surface area (Å²) in [5, 5.41) is 1.85. The first-order valence-electron chi connectivity index (χ1n) is 9.94. The van der Waals surface area contributed by atoms with Crippen LogP contribution in [0.1, 0.15) is 82.3 Å². The van der Waals surface area contributed by atoms with E-state index in [1.165, 1.54) is 44.1 Å². The molecule has 2 aromatic rings. The highest BCUT2D eigenvalue weighted by molar-refractivity contribution is 5.84. The monoisotopic (exact) mass is 326 g/mol. The van der Waals surface area contributed by atoms with Crippen molar-refractivity contribution in [3.8, 4) is 0 Å². The van der Waals surface area contributed by atoms with E-state index in [2.05, 4.69) is 38.1 Å². The summed E-state index contributed by atoms with van der Waals surface area (Å²) in [7, 11) is 0. The van der Waals surface area contributed by atoms with Crippen LogP contribution in [-0.4, -0.2) is 0 Å². The van der Waals surface area contributed by atoms with Crippen LogP contribution in [0.2, 0.25) is 0 Å². The van der Waals surface area contributed by atoms with E-state index in [9.17, 15) is 0 Å². The Balaban J connectivity index is 1.70. The first kappa shape index (κ1) is 17.5. The third kappa shape index (κ3) is 3.82. The number of rotatable bonds is 6.